The maximum atomic E-state index is 11.6. The third-order valence-corrected chi connectivity index (χ3v) is 3.77. The number of rotatable bonds is 4. The molecule has 2 rings (SSSR count). The Hall–Kier alpha value is -1.32. The summed E-state index contributed by atoms with van der Waals surface area (Å²) in [5, 5.41) is 6.35. The average Bonchev–Trinajstić information content (AvgIpc) is 2.80. The van der Waals surface area contributed by atoms with Crippen LogP contribution in [-0.4, -0.2) is 22.8 Å². The third kappa shape index (κ3) is 3.59. The Labute approximate surface area is 108 Å². The van der Waals surface area contributed by atoms with Crippen molar-refractivity contribution in [1.29, 1.82) is 0 Å². The van der Waals surface area contributed by atoms with Crippen LogP contribution in [0.15, 0.2) is 12.4 Å². The van der Waals surface area contributed by atoms with Crippen LogP contribution in [-0.2, 0) is 4.74 Å². The van der Waals surface area contributed by atoms with Crippen LogP contribution in [0.4, 0.5) is 0 Å². The highest BCUT2D eigenvalue weighted by Gasteiger charge is 2.23. The molecular formula is C14H22N2O2. The van der Waals surface area contributed by atoms with Gasteiger partial charge < -0.3 is 4.74 Å². The fourth-order valence-electron chi connectivity index (χ4n) is 3.11. The highest BCUT2D eigenvalue weighted by molar-refractivity contribution is 5.88. The summed E-state index contributed by atoms with van der Waals surface area (Å²) in [6.45, 7) is 5.16. The van der Waals surface area contributed by atoms with Crippen molar-refractivity contribution in [2.24, 2.45) is 17.8 Å². The Morgan fingerprint density at radius 1 is 1.39 bits per heavy atom. The Kier molecular flexibility index (Phi) is 4.39. The van der Waals surface area contributed by atoms with Gasteiger partial charge in [0, 0.05) is 6.20 Å². The van der Waals surface area contributed by atoms with Gasteiger partial charge in [-0.25, -0.2) is 4.79 Å². The highest BCUT2D eigenvalue weighted by atomic mass is 16.5. The number of carbonyl (C=O) groups excluding carboxylic acids is 1. The molecule has 1 fully saturated rings. The van der Waals surface area contributed by atoms with E-state index in [9.17, 15) is 4.79 Å². The molecule has 0 saturated heterocycles. The summed E-state index contributed by atoms with van der Waals surface area (Å²) < 4.78 is 5.26. The lowest BCUT2D eigenvalue weighted by atomic mass is 9.75. The monoisotopic (exact) mass is 250 g/mol. The molecule has 4 heteroatoms. The minimum absolute atomic E-state index is 0.277. The topological polar surface area (TPSA) is 55.0 Å². The van der Waals surface area contributed by atoms with Crippen LogP contribution in [0.25, 0.3) is 0 Å². The van der Waals surface area contributed by atoms with E-state index in [4.69, 9.17) is 4.74 Å². The van der Waals surface area contributed by atoms with Gasteiger partial charge in [0.15, 0.2) is 0 Å². The second-order valence-electron chi connectivity index (χ2n) is 5.70. The number of aromatic amines is 1. The first-order valence-electron chi connectivity index (χ1n) is 6.81. The standard InChI is InChI=1S/C14H22N2O2/c1-10-5-11(2)7-12(6-10)3-4-18-14(17)13-8-15-16-9-13/h8-12H,3-7H2,1-2H3,(H,15,16). The molecule has 1 N–H and O–H groups in total. The smallest absolute Gasteiger partial charge is 0.341 e. The minimum Gasteiger partial charge on any atom is -0.462 e. The van der Waals surface area contributed by atoms with Crippen LogP contribution in [0.2, 0.25) is 0 Å². The number of nitrogens with zero attached hydrogens (tertiary/aromatic N) is 1. The van der Waals surface area contributed by atoms with E-state index in [1.807, 2.05) is 0 Å². The quantitative estimate of drug-likeness (QED) is 0.836. The van der Waals surface area contributed by atoms with Gasteiger partial charge in [-0.3, -0.25) is 5.10 Å². The highest BCUT2D eigenvalue weighted by Crippen LogP contribution is 2.34. The first-order chi connectivity index (χ1) is 8.65. The average molecular weight is 250 g/mol. The lowest BCUT2D eigenvalue weighted by Crippen LogP contribution is -2.21. The van der Waals surface area contributed by atoms with Crippen LogP contribution < -0.4 is 0 Å². The van der Waals surface area contributed by atoms with Crippen LogP contribution in [0.5, 0.6) is 0 Å². The first kappa shape index (κ1) is 13.1. The Balaban J connectivity index is 1.70. The normalized spacial score (nSPS) is 28.0. The van der Waals surface area contributed by atoms with Gasteiger partial charge in [0.05, 0.1) is 18.4 Å². The van der Waals surface area contributed by atoms with Crippen molar-refractivity contribution in [2.45, 2.75) is 39.5 Å². The van der Waals surface area contributed by atoms with Crippen molar-refractivity contribution in [2.75, 3.05) is 6.61 Å². The molecule has 1 saturated carbocycles. The number of hydrogen-bond acceptors (Lipinski definition) is 3. The number of nitrogens with one attached hydrogen (secondary N) is 1. The summed E-state index contributed by atoms with van der Waals surface area (Å²) in [6, 6.07) is 0. The third-order valence-electron chi connectivity index (χ3n) is 3.77. The number of hydrogen-bond donors (Lipinski definition) is 1. The number of H-pyrrole nitrogens is 1. The van der Waals surface area contributed by atoms with E-state index in [0.717, 1.165) is 18.3 Å². The predicted molar refractivity (Wildman–Crippen MR) is 69.2 cm³/mol. The van der Waals surface area contributed by atoms with Gasteiger partial charge in [-0.05, 0) is 43.4 Å². The molecule has 1 aromatic heterocycles. The molecule has 1 aliphatic rings. The molecule has 100 valence electrons. The number of ether oxygens (including phenoxy) is 1. The van der Waals surface area contributed by atoms with Gasteiger partial charge in [0.25, 0.3) is 0 Å². The van der Waals surface area contributed by atoms with E-state index >= 15 is 0 Å². The molecule has 0 spiro atoms. The second-order valence-corrected chi connectivity index (χ2v) is 5.70. The summed E-state index contributed by atoms with van der Waals surface area (Å²) in [5.74, 6) is 2.05. The zero-order valence-corrected chi connectivity index (χ0v) is 11.2. The van der Waals surface area contributed by atoms with Crippen LogP contribution in [0.1, 0.15) is 49.9 Å². The zero-order valence-electron chi connectivity index (χ0n) is 11.2. The molecule has 0 aromatic carbocycles. The van der Waals surface area contributed by atoms with Crippen LogP contribution in [0, 0.1) is 17.8 Å². The lowest BCUT2D eigenvalue weighted by molar-refractivity contribution is 0.0462. The van der Waals surface area contributed by atoms with Crippen molar-refractivity contribution in [3.05, 3.63) is 18.0 Å². The maximum absolute atomic E-state index is 11.6. The first-order valence-corrected chi connectivity index (χ1v) is 6.81. The summed E-state index contributed by atoms with van der Waals surface area (Å²) in [7, 11) is 0. The number of esters is 1. The largest absolute Gasteiger partial charge is 0.462 e. The molecule has 1 aliphatic carbocycles. The van der Waals surface area contributed by atoms with Crippen molar-refractivity contribution in [3.63, 3.8) is 0 Å². The van der Waals surface area contributed by atoms with E-state index in [2.05, 4.69) is 24.0 Å². The molecule has 2 unspecified atom stereocenters. The van der Waals surface area contributed by atoms with E-state index in [1.165, 1.54) is 25.5 Å². The van der Waals surface area contributed by atoms with Gasteiger partial charge in [-0.15, -0.1) is 0 Å². The van der Waals surface area contributed by atoms with Gasteiger partial charge >= 0.3 is 5.97 Å². The Bertz CT molecular complexity index is 365. The predicted octanol–water partition coefficient (Wildman–Crippen LogP) is 3.03. The van der Waals surface area contributed by atoms with Crippen LogP contribution in [0.3, 0.4) is 0 Å². The van der Waals surface area contributed by atoms with Gasteiger partial charge in [-0.2, -0.15) is 5.10 Å². The van der Waals surface area contributed by atoms with Crippen molar-refractivity contribution >= 4 is 5.97 Å². The minimum atomic E-state index is -0.277. The molecule has 0 aliphatic heterocycles. The summed E-state index contributed by atoms with van der Waals surface area (Å²) in [4.78, 5) is 11.6. The molecule has 0 amide bonds. The molecule has 1 aromatic rings. The molecule has 18 heavy (non-hydrogen) atoms. The van der Waals surface area contributed by atoms with Crippen LogP contribution >= 0.6 is 0 Å². The molecule has 0 bridgehead atoms. The molecule has 1 heterocycles. The zero-order chi connectivity index (χ0) is 13.0. The Morgan fingerprint density at radius 3 is 2.72 bits per heavy atom. The maximum Gasteiger partial charge on any atom is 0.341 e. The van der Waals surface area contributed by atoms with Gasteiger partial charge in [-0.1, -0.05) is 13.8 Å². The number of carbonyl (C=O) groups is 1. The SMILES string of the molecule is CC1CC(C)CC(CCOC(=O)c2cn[nH]c2)C1. The Morgan fingerprint density at radius 2 is 2.11 bits per heavy atom. The summed E-state index contributed by atoms with van der Waals surface area (Å²) in [5.41, 5.74) is 0.500. The molecule has 2 atom stereocenters. The lowest BCUT2D eigenvalue weighted by Gasteiger charge is -2.31. The number of aromatic nitrogens is 2. The second kappa shape index (κ2) is 6.03. The summed E-state index contributed by atoms with van der Waals surface area (Å²) in [6.07, 6.45) is 7.92. The molecule has 4 nitrogen and oxygen atoms in total. The van der Waals surface area contributed by atoms with E-state index in [1.54, 1.807) is 6.20 Å². The molecule has 0 radical (unpaired) electrons. The van der Waals surface area contributed by atoms with E-state index in [-0.39, 0.29) is 5.97 Å². The fourth-order valence-corrected chi connectivity index (χ4v) is 3.11. The fraction of sp³-hybridized carbons (Fsp3) is 0.714. The summed E-state index contributed by atoms with van der Waals surface area (Å²) >= 11 is 0. The van der Waals surface area contributed by atoms with Gasteiger partial charge in [0.1, 0.15) is 0 Å². The molecular weight excluding hydrogens is 228 g/mol. The van der Waals surface area contributed by atoms with Crippen molar-refractivity contribution in [1.82, 2.24) is 10.2 Å². The van der Waals surface area contributed by atoms with E-state index in [0.29, 0.717) is 18.1 Å². The van der Waals surface area contributed by atoms with E-state index < -0.39 is 0 Å². The van der Waals surface area contributed by atoms with Crippen molar-refractivity contribution in [3.8, 4) is 0 Å². The van der Waals surface area contributed by atoms with Crippen molar-refractivity contribution < 1.29 is 9.53 Å². The van der Waals surface area contributed by atoms with Gasteiger partial charge in [0.2, 0.25) is 0 Å².